The summed E-state index contributed by atoms with van der Waals surface area (Å²) in [5.41, 5.74) is 9.26. The average molecular weight is 297 g/mol. The molecule has 0 saturated carbocycles. The van der Waals surface area contributed by atoms with E-state index < -0.39 is 10.0 Å². The Morgan fingerprint density at radius 3 is 2.60 bits per heavy atom. The summed E-state index contributed by atoms with van der Waals surface area (Å²) in [6.07, 6.45) is 0.183. The molecular formula is C13H19N3O3S. The topological polar surface area (TPSA) is 106 Å². The molecule has 1 aromatic carbocycles. The highest BCUT2D eigenvalue weighted by molar-refractivity contribution is 7.89. The second-order valence-corrected chi connectivity index (χ2v) is 7.00. The monoisotopic (exact) mass is 297 g/mol. The molecule has 6 nitrogen and oxygen atoms in total. The highest BCUT2D eigenvalue weighted by Gasteiger charge is 2.33. The van der Waals surface area contributed by atoms with Crippen LogP contribution in [0.2, 0.25) is 0 Å². The lowest BCUT2D eigenvalue weighted by Crippen LogP contribution is -2.28. The highest BCUT2D eigenvalue weighted by atomic mass is 32.2. The third-order valence-corrected chi connectivity index (χ3v) is 4.66. The van der Waals surface area contributed by atoms with Crippen molar-refractivity contribution in [2.75, 3.05) is 22.9 Å². The number of aryl methyl sites for hydroxylation is 1. The molecule has 4 N–H and O–H groups in total. The van der Waals surface area contributed by atoms with Gasteiger partial charge >= 0.3 is 0 Å². The van der Waals surface area contributed by atoms with E-state index in [2.05, 4.69) is 0 Å². The van der Waals surface area contributed by atoms with E-state index in [1.165, 1.54) is 0 Å². The lowest BCUT2D eigenvalue weighted by molar-refractivity contribution is -0.117. The number of sulfonamides is 1. The Kier molecular flexibility index (Phi) is 3.75. The van der Waals surface area contributed by atoms with E-state index in [1.807, 2.05) is 19.9 Å². The van der Waals surface area contributed by atoms with Crippen LogP contribution in [0.5, 0.6) is 0 Å². The number of carbonyl (C=O) groups excluding carboxylic acids is 1. The molecule has 1 fully saturated rings. The quantitative estimate of drug-likeness (QED) is 0.793. The average Bonchev–Trinajstić information content (AvgIpc) is 2.65. The van der Waals surface area contributed by atoms with Gasteiger partial charge in [0, 0.05) is 18.9 Å². The Morgan fingerprint density at radius 1 is 1.35 bits per heavy atom. The van der Waals surface area contributed by atoms with Crippen LogP contribution in [0.25, 0.3) is 0 Å². The van der Waals surface area contributed by atoms with Crippen molar-refractivity contribution < 1.29 is 13.2 Å². The second-order valence-electron chi connectivity index (χ2n) is 5.34. The molecule has 20 heavy (non-hydrogen) atoms. The van der Waals surface area contributed by atoms with Gasteiger partial charge in [0.1, 0.15) is 0 Å². The van der Waals surface area contributed by atoms with Crippen molar-refractivity contribution in [3.63, 3.8) is 0 Å². The lowest BCUT2D eigenvalue weighted by atomic mass is 10.1. The van der Waals surface area contributed by atoms with E-state index in [4.69, 9.17) is 10.9 Å². The van der Waals surface area contributed by atoms with Gasteiger partial charge in [-0.3, -0.25) is 4.79 Å². The Bertz CT molecular complexity index is 655. The molecule has 7 heteroatoms. The predicted octanol–water partition coefficient (Wildman–Crippen LogP) is 0.527. The largest absolute Gasteiger partial charge is 0.397 e. The summed E-state index contributed by atoms with van der Waals surface area (Å²) in [6, 6.07) is 3.70. The highest BCUT2D eigenvalue weighted by Crippen LogP contribution is 2.33. The minimum atomic E-state index is -3.57. The summed E-state index contributed by atoms with van der Waals surface area (Å²) in [6.45, 7) is 4.18. The summed E-state index contributed by atoms with van der Waals surface area (Å²) in [4.78, 5) is 13.6. The van der Waals surface area contributed by atoms with Gasteiger partial charge in [-0.25, -0.2) is 13.6 Å². The van der Waals surface area contributed by atoms with Crippen LogP contribution in [0, 0.1) is 19.8 Å². The number of anilines is 2. The van der Waals surface area contributed by atoms with Gasteiger partial charge < -0.3 is 10.6 Å². The smallest absolute Gasteiger partial charge is 0.227 e. The summed E-state index contributed by atoms with van der Waals surface area (Å²) in [7, 11) is -3.57. The fourth-order valence-electron chi connectivity index (χ4n) is 2.51. The van der Waals surface area contributed by atoms with E-state index in [0.29, 0.717) is 17.9 Å². The van der Waals surface area contributed by atoms with E-state index in [1.54, 1.807) is 11.0 Å². The van der Waals surface area contributed by atoms with Crippen LogP contribution in [-0.2, 0) is 14.8 Å². The SMILES string of the molecule is Cc1ccc(N2CC(CS(N)(=O)=O)CC2=O)c(N)c1C. The van der Waals surface area contributed by atoms with Gasteiger partial charge in [-0.15, -0.1) is 0 Å². The molecular weight excluding hydrogens is 278 g/mol. The van der Waals surface area contributed by atoms with Gasteiger partial charge in [-0.1, -0.05) is 6.07 Å². The van der Waals surface area contributed by atoms with Crippen molar-refractivity contribution >= 4 is 27.3 Å². The maximum absolute atomic E-state index is 12.1. The molecule has 1 aliphatic heterocycles. The van der Waals surface area contributed by atoms with Gasteiger partial charge in [-0.2, -0.15) is 0 Å². The maximum atomic E-state index is 12.1. The Hall–Kier alpha value is -1.60. The van der Waals surface area contributed by atoms with Crippen LogP contribution in [-0.4, -0.2) is 26.6 Å². The fraction of sp³-hybridized carbons (Fsp3) is 0.462. The van der Waals surface area contributed by atoms with Gasteiger partial charge in [-0.05, 0) is 31.0 Å². The maximum Gasteiger partial charge on any atom is 0.227 e. The Labute approximate surface area is 118 Å². The van der Waals surface area contributed by atoms with Crippen LogP contribution in [0.15, 0.2) is 12.1 Å². The van der Waals surface area contributed by atoms with E-state index in [0.717, 1.165) is 11.1 Å². The third kappa shape index (κ3) is 2.94. The molecule has 1 heterocycles. The van der Waals surface area contributed by atoms with Gasteiger partial charge in [0.05, 0.1) is 17.1 Å². The zero-order valence-corrected chi connectivity index (χ0v) is 12.4. The fourth-order valence-corrected chi connectivity index (χ4v) is 3.39. The number of primary sulfonamides is 1. The molecule has 0 aliphatic carbocycles. The van der Waals surface area contributed by atoms with Crippen LogP contribution in [0.1, 0.15) is 17.5 Å². The Morgan fingerprint density at radius 2 is 2.00 bits per heavy atom. The molecule has 1 aromatic rings. The van der Waals surface area contributed by atoms with Crippen LogP contribution in [0.3, 0.4) is 0 Å². The van der Waals surface area contributed by atoms with Crippen molar-refractivity contribution in [3.05, 3.63) is 23.3 Å². The minimum absolute atomic E-state index is 0.117. The van der Waals surface area contributed by atoms with E-state index >= 15 is 0 Å². The first-order valence-electron chi connectivity index (χ1n) is 6.35. The number of nitrogen functional groups attached to an aromatic ring is 1. The number of nitrogens with two attached hydrogens (primary N) is 2. The Balaban J connectivity index is 2.27. The van der Waals surface area contributed by atoms with Crippen LogP contribution < -0.4 is 15.8 Å². The molecule has 2 rings (SSSR count). The van der Waals surface area contributed by atoms with E-state index in [9.17, 15) is 13.2 Å². The number of hydrogen-bond donors (Lipinski definition) is 2. The number of benzene rings is 1. The molecule has 0 radical (unpaired) electrons. The summed E-state index contributed by atoms with van der Waals surface area (Å²) in [5, 5.41) is 5.04. The number of hydrogen-bond acceptors (Lipinski definition) is 4. The first-order chi connectivity index (χ1) is 9.19. The zero-order chi connectivity index (χ0) is 15.1. The number of nitrogens with zero attached hydrogens (tertiary/aromatic N) is 1. The third-order valence-electron chi connectivity index (χ3n) is 3.73. The molecule has 1 aliphatic rings. The molecule has 110 valence electrons. The second kappa shape index (κ2) is 5.06. The van der Waals surface area contributed by atoms with Gasteiger partial charge in [0.25, 0.3) is 0 Å². The van der Waals surface area contributed by atoms with Crippen molar-refractivity contribution in [2.45, 2.75) is 20.3 Å². The lowest BCUT2D eigenvalue weighted by Gasteiger charge is -2.20. The van der Waals surface area contributed by atoms with Crippen molar-refractivity contribution in [2.24, 2.45) is 11.1 Å². The van der Waals surface area contributed by atoms with Crippen molar-refractivity contribution in [3.8, 4) is 0 Å². The van der Waals surface area contributed by atoms with E-state index in [-0.39, 0.29) is 24.0 Å². The normalized spacial score (nSPS) is 19.6. The summed E-state index contributed by atoms with van der Waals surface area (Å²) < 4.78 is 22.3. The van der Waals surface area contributed by atoms with Gasteiger partial charge in [0.2, 0.25) is 15.9 Å². The van der Waals surface area contributed by atoms with Crippen LogP contribution in [0.4, 0.5) is 11.4 Å². The van der Waals surface area contributed by atoms with Crippen molar-refractivity contribution in [1.29, 1.82) is 0 Å². The molecule has 0 bridgehead atoms. The van der Waals surface area contributed by atoms with Gasteiger partial charge in [0.15, 0.2) is 0 Å². The number of amides is 1. The molecule has 1 amide bonds. The number of rotatable bonds is 3. The molecule has 1 saturated heterocycles. The van der Waals surface area contributed by atoms with Crippen molar-refractivity contribution in [1.82, 2.24) is 0 Å². The molecule has 0 aromatic heterocycles. The molecule has 0 spiro atoms. The number of carbonyl (C=O) groups is 1. The molecule has 1 atom stereocenters. The summed E-state index contributed by atoms with van der Waals surface area (Å²) >= 11 is 0. The first-order valence-corrected chi connectivity index (χ1v) is 8.07. The van der Waals surface area contributed by atoms with Crippen LogP contribution >= 0.6 is 0 Å². The first kappa shape index (κ1) is 14.8. The minimum Gasteiger partial charge on any atom is -0.397 e. The zero-order valence-electron chi connectivity index (χ0n) is 11.6. The molecule has 1 unspecified atom stereocenters. The standard InChI is InChI=1S/C13H19N3O3S/c1-8-3-4-11(13(14)9(8)2)16-6-10(5-12(16)17)7-20(15,18)19/h3-4,10H,5-7,14H2,1-2H3,(H2,15,18,19). The predicted molar refractivity (Wildman–Crippen MR) is 78.8 cm³/mol. The summed E-state index contributed by atoms with van der Waals surface area (Å²) in [5.74, 6) is -0.577.